The topological polar surface area (TPSA) is 152 Å². The molecule has 1 saturated carbocycles. The molecule has 180 valence electrons. The molecule has 3 N–H and O–H groups in total. The van der Waals surface area contributed by atoms with Crippen molar-refractivity contribution < 1.29 is 27.5 Å². The highest BCUT2D eigenvalue weighted by Gasteiger charge is 2.30. The normalized spacial score (nSPS) is 18.0. The van der Waals surface area contributed by atoms with Crippen LogP contribution in [0.25, 0.3) is 0 Å². The molecule has 0 saturated heterocycles. The minimum Gasteiger partial charge on any atom is -0.481 e. The first-order chi connectivity index (χ1) is 15.7. The van der Waals surface area contributed by atoms with E-state index in [9.17, 15) is 18.0 Å². The van der Waals surface area contributed by atoms with E-state index in [4.69, 9.17) is 9.47 Å². The van der Waals surface area contributed by atoms with Gasteiger partial charge in [0.1, 0.15) is 6.10 Å². The summed E-state index contributed by atoms with van der Waals surface area (Å²) in [6.45, 7) is 2.55. The summed E-state index contributed by atoms with van der Waals surface area (Å²) in [5.41, 5.74) is 1.13. The van der Waals surface area contributed by atoms with Gasteiger partial charge in [0, 0.05) is 42.7 Å². The highest BCUT2D eigenvalue weighted by molar-refractivity contribution is 7.90. The van der Waals surface area contributed by atoms with Crippen molar-refractivity contribution in [1.29, 1.82) is 0 Å². The first-order valence-corrected chi connectivity index (χ1v) is 12.6. The average molecular weight is 480 g/mol. The van der Waals surface area contributed by atoms with Crippen molar-refractivity contribution in [3.8, 4) is 5.88 Å². The minimum atomic E-state index is -3.56. The largest absolute Gasteiger partial charge is 0.481 e. The number of aromatic amines is 1. The lowest BCUT2D eigenvalue weighted by molar-refractivity contribution is -0.115. The molecule has 0 radical (unpaired) electrons. The van der Waals surface area contributed by atoms with Crippen LogP contribution in [0.5, 0.6) is 5.88 Å². The summed E-state index contributed by atoms with van der Waals surface area (Å²) in [6, 6.07) is 3.17. The zero-order valence-electron chi connectivity index (χ0n) is 18.9. The zero-order chi connectivity index (χ0) is 24.0. The number of rotatable bonds is 9. The van der Waals surface area contributed by atoms with Gasteiger partial charge in [-0.25, -0.2) is 18.2 Å². The van der Waals surface area contributed by atoms with E-state index in [0.29, 0.717) is 18.8 Å². The SMILES string of the molecule is CCCNC(=O)O[C@@H]1CC[C@H](c2cc(NC(=O)Cc3cc(OC)ncc3S(C)(=O)=O)n[nH]2)C1. The minimum absolute atomic E-state index is 0.0267. The number of methoxy groups -OCH3 is 1. The molecule has 2 atom stereocenters. The Morgan fingerprint density at radius 1 is 1.27 bits per heavy atom. The summed E-state index contributed by atoms with van der Waals surface area (Å²) >= 11 is 0. The molecule has 1 aliphatic rings. The first kappa shape index (κ1) is 24.5. The molecule has 1 aliphatic carbocycles. The standard InChI is InChI=1S/C21H29N5O6S/c1-4-7-22-21(28)32-15-6-5-13(8-15)16-11-18(26-25-16)24-19(27)9-14-10-20(31-2)23-12-17(14)33(3,29)30/h10-13,15H,4-9H2,1-3H3,(H,22,28)(H2,24,25,26,27)/t13-,15+/m0/s1. The second-order valence-corrected chi connectivity index (χ2v) is 9.99. The molecule has 33 heavy (non-hydrogen) atoms. The predicted molar refractivity (Wildman–Crippen MR) is 120 cm³/mol. The van der Waals surface area contributed by atoms with E-state index in [0.717, 1.165) is 31.2 Å². The molecule has 0 unspecified atom stereocenters. The fourth-order valence-electron chi connectivity index (χ4n) is 3.77. The number of H-pyrrole nitrogens is 1. The number of amides is 2. The summed E-state index contributed by atoms with van der Waals surface area (Å²) < 4.78 is 34.5. The molecule has 2 amide bonds. The number of hydrogen-bond donors (Lipinski definition) is 3. The molecule has 11 nitrogen and oxygen atoms in total. The maximum Gasteiger partial charge on any atom is 0.407 e. The van der Waals surface area contributed by atoms with Crippen LogP contribution in [0, 0.1) is 0 Å². The van der Waals surface area contributed by atoms with Crippen LogP contribution in [0.1, 0.15) is 49.8 Å². The number of anilines is 1. The number of carbonyl (C=O) groups is 2. The molecular formula is C21H29N5O6S. The quantitative estimate of drug-likeness (QED) is 0.495. The lowest BCUT2D eigenvalue weighted by Gasteiger charge is -2.12. The van der Waals surface area contributed by atoms with Gasteiger partial charge >= 0.3 is 6.09 Å². The Balaban J connectivity index is 1.59. The fraction of sp³-hybridized carbons (Fsp3) is 0.524. The number of carbonyl (C=O) groups excluding carboxylic acids is 2. The van der Waals surface area contributed by atoms with E-state index in [1.807, 2.05) is 6.92 Å². The molecule has 0 spiro atoms. The first-order valence-electron chi connectivity index (χ1n) is 10.7. The highest BCUT2D eigenvalue weighted by atomic mass is 32.2. The van der Waals surface area contributed by atoms with Crippen LogP contribution in [0.3, 0.4) is 0 Å². The Morgan fingerprint density at radius 2 is 2.06 bits per heavy atom. The van der Waals surface area contributed by atoms with Crippen molar-refractivity contribution >= 4 is 27.7 Å². The van der Waals surface area contributed by atoms with Crippen LogP contribution < -0.4 is 15.4 Å². The lowest BCUT2D eigenvalue weighted by Crippen LogP contribution is -2.28. The fourth-order valence-corrected chi connectivity index (χ4v) is 4.62. The van der Waals surface area contributed by atoms with Gasteiger partial charge in [0.15, 0.2) is 15.7 Å². The van der Waals surface area contributed by atoms with Crippen molar-refractivity contribution in [2.24, 2.45) is 0 Å². The smallest absolute Gasteiger partial charge is 0.407 e. The molecule has 2 aromatic heterocycles. The number of ether oxygens (including phenoxy) is 2. The number of sulfone groups is 1. The van der Waals surface area contributed by atoms with Gasteiger partial charge in [-0.3, -0.25) is 9.89 Å². The number of hydrogen-bond acceptors (Lipinski definition) is 8. The van der Waals surface area contributed by atoms with Crippen LogP contribution >= 0.6 is 0 Å². The monoisotopic (exact) mass is 479 g/mol. The summed E-state index contributed by atoms with van der Waals surface area (Å²) in [7, 11) is -2.15. The van der Waals surface area contributed by atoms with E-state index >= 15 is 0 Å². The van der Waals surface area contributed by atoms with E-state index in [1.165, 1.54) is 19.4 Å². The van der Waals surface area contributed by atoms with Crippen molar-refractivity contribution in [2.45, 2.75) is 55.9 Å². The summed E-state index contributed by atoms with van der Waals surface area (Å²) in [5.74, 6) is 0.260. The Bertz CT molecular complexity index is 1100. The maximum atomic E-state index is 12.6. The van der Waals surface area contributed by atoms with Gasteiger partial charge in [0.05, 0.1) is 18.4 Å². The Morgan fingerprint density at radius 3 is 2.76 bits per heavy atom. The molecule has 2 aromatic rings. The number of aromatic nitrogens is 3. The van der Waals surface area contributed by atoms with E-state index in [-0.39, 0.29) is 34.8 Å². The summed E-state index contributed by atoms with van der Waals surface area (Å²) in [4.78, 5) is 28.2. The van der Waals surface area contributed by atoms with Crippen molar-refractivity contribution in [2.75, 3.05) is 25.2 Å². The molecule has 0 aromatic carbocycles. The lowest BCUT2D eigenvalue weighted by atomic mass is 10.0. The Hall–Kier alpha value is -3.15. The van der Waals surface area contributed by atoms with E-state index in [2.05, 4.69) is 25.8 Å². The van der Waals surface area contributed by atoms with Crippen LogP contribution in [0.4, 0.5) is 10.6 Å². The van der Waals surface area contributed by atoms with Gasteiger partial charge in [-0.05, 0) is 31.2 Å². The van der Waals surface area contributed by atoms with Crippen LogP contribution in [-0.2, 0) is 25.8 Å². The van der Waals surface area contributed by atoms with Gasteiger partial charge in [0.25, 0.3) is 0 Å². The Labute approximate surface area is 192 Å². The maximum absolute atomic E-state index is 12.6. The molecule has 12 heteroatoms. The zero-order valence-corrected chi connectivity index (χ0v) is 19.7. The molecule has 0 aliphatic heterocycles. The van der Waals surface area contributed by atoms with Crippen LogP contribution in [0.15, 0.2) is 23.2 Å². The molecule has 0 bridgehead atoms. The molecule has 3 rings (SSSR count). The van der Waals surface area contributed by atoms with Crippen LogP contribution in [-0.4, -0.2) is 61.6 Å². The van der Waals surface area contributed by atoms with Gasteiger partial charge in [-0.2, -0.15) is 5.10 Å². The second-order valence-electron chi connectivity index (χ2n) is 8.00. The summed E-state index contributed by atoms with van der Waals surface area (Å²) in [5, 5.41) is 12.5. The van der Waals surface area contributed by atoms with Gasteiger partial charge < -0.3 is 20.1 Å². The number of nitrogens with zero attached hydrogens (tertiary/aromatic N) is 2. The van der Waals surface area contributed by atoms with Crippen molar-refractivity contribution in [1.82, 2.24) is 20.5 Å². The third kappa shape index (κ3) is 6.67. The number of pyridine rings is 1. The second kappa shape index (κ2) is 10.6. The third-order valence-electron chi connectivity index (χ3n) is 5.37. The molecule has 2 heterocycles. The molecular weight excluding hydrogens is 450 g/mol. The van der Waals surface area contributed by atoms with Crippen LogP contribution in [0.2, 0.25) is 0 Å². The number of alkyl carbamates (subject to hydrolysis) is 1. The predicted octanol–water partition coefficient (Wildman–Crippen LogP) is 2.17. The third-order valence-corrected chi connectivity index (χ3v) is 6.53. The van der Waals surface area contributed by atoms with Crippen molar-refractivity contribution in [3.63, 3.8) is 0 Å². The van der Waals surface area contributed by atoms with Gasteiger partial charge in [-0.15, -0.1) is 0 Å². The van der Waals surface area contributed by atoms with Crippen molar-refractivity contribution in [3.05, 3.63) is 29.6 Å². The Kier molecular flexibility index (Phi) is 7.90. The van der Waals surface area contributed by atoms with E-state index < -0.39 is 21.8 Å². The molecule has 1 fully saturated rings. The van der Waals surface area contributed by atoms with E-state index in [1.54, 1.807) is 6.07 Å². The van der Waals surface area contributed by atoms with Gasteiger partial charge in [-0.1, -0.05) is 6.92 Å². The average Bonchev–Trinajstić information content (AvgIpc) is 3.40. The van der Waals surface area contributed by atoms with Gasteiger partial charge in [0.2, 0.25) is 11.8 Å². The summed E-state index contributed by atoms with van der Waals surface area (Å²) in [6.07, 6.45) is 4.59. The highest BCUT2D eigenvalue weighted by Crippen LogP contribution is 2.35. The number of nitrogens with one attached hydrogen (secondary N) is 3.